The van der Waals surface area contributed by atoms with Crippen LogP contribution in [0.15, 0.2) is 6.07 Å². The van der Waals surface area contributed by atoms with Gasteiger partial charge >= 0.3 is 0 Å². The first-order valence-corrected chi connectivity index (χ1v) is 8.02. The van der Waals surface area contributed by atoms with Crippen molar-refractivity contribution in [3.8, 4) is 0 Å². The number of amides is 1. The molecule has 2 heterocycles. The molecule has 0 saturated heterocycles. The second-order valence-electron chi connectivity index (χ2n) is 5.35. The molecule has 1 amide bonds. The van der Waals surface area contributed by atoms with Crippen LogP contribution in [0.2, 0.25) is 0 Å². The Labute approximate surface area is 127 Å². The average molecular weight is 301 g/mol. The summed E-state index contributed by atoms with van der Waals surface area (Å²) in [5.74, 6) is -0.225. The van der Waals surface area contributed by atoms with Gasteiger partial charge < -0.3 is 10.1 Å². The van der Waals surface area contributed by atoms with E-state index in [-0.39, 0.29) is 11.6 Å². The number of carbonyl (C=O) groups excluding carboxylic acids is 2. The standard InChI is InChI=1S/C14H16BN3O2S/c15-11(19)5-6-16-12(20)14-18-10-7-8-3-1-2-4-9(8)17-13(10)21-14/h7H,1-6,15H2,(H,16,20). The molecule has 1 aliphatic rings. The van der Waals surface area contributed by atoms with Gasteiger partial charge in [0.05, 0.1) is 5.68 Å². The molecule has 21 heavy (non-hydrogen) atoms. The monoisotopic (exact) mass is 301 g/mol. The van der Waals surface area contributed by atoms with E-state index in [1.165, 1.54) is 37.6 Å². The fraction of sp³-hybridized carbons (Fsp3) is 0.429. The van der Waals surface area contributed by atoms with Crippen LogP contribution in [-0.4, -0.2) is 35.9 Å². The molecule has 1 N–H and O–H groups in total. The first-order chi connectivity index (χ1) is 10.1. The molecule has 0 bridgehead atoms. The minimum absolute atomic E-state index is 0.0638. The number of aryl methyl sites for hydroxylation is 2. The van der Waals surface area contributed by atoms with Crippen LogP contribution in [-0.2, 0) is 17.6 Å². The first kappa shape index (κ1) is 14.2. The highest BCUT2D eigenvalue weighted by Crippen LogP contribution is 2.27. The van der Waals surface area contributed by atoms with E-state index >= 15 is 0 Å². The second-order valence-corrected chi connectivity index (χ2v) is 6.33. The molecule has 0 spiro atoms. The van der Waals surface area contributed by atoms with E-state index in [1.54, 1.807) is 0 Å². The molecule has 5 nitrogen and oxygen atoms in total. The lowest BCUT2D eigenvalue weighted by Crippen LogP contribution is -2.25. The lowest BCUT2D eigenvalue weighted by Gasteiger charge is -2.13. The largest absolute Gasteiger partial charge is 0.350 e. The molecular formula is C14H16BN3O2S. The van der Waals surface area contributed by atoms with Gasteiger partial charge in [0.1, 0.15) is 10.3 Å². The van der Waals surface area contributed by atoms with Gasteiger partial charge in [-0.15, -0.1) is 0 Å². The van der Waals surface area contributed by atoms with E-state index in [0.717, 1.165) is 28.9 Å². The van der Waals surface area contributed by atoms with Gasteiger partial charge in [-0.1, -0.05) is 11.3 Å². The van der Waals surface area contributed by atoms with Gasteiger partial charge in [0, 0.05) is 18.7 Å². The summed E-state index contributed by atoms with van der Waals surface area (Å²) in [5.41, 5.74) is 3.29. The zero-order valence-electron chi connectivity index (χ0n) is 11.9. The SMILES string of the molecule is BC(=O)CCNC(=O)c1nc2cc3c(nc2s1)CCCC3. The van der Waals surface area contributed by atoms with Crippen molar-refractivity contribution in [1.29, 1.82) is 0 Å². The number of thiazole rings is 1. The fourth-order valence-corrected chi connectivity index (χ4v) is 3.36. The Morgan fingerprint density at radius 3 is 2.90 bits per heavy atom. The van der Waals surface area contributed by atoms with Gasteiger partial charge in [-0.2, -0.15) is 0 Å². The fourth-order valence-electron chi connectivity index (χ4n) is 2.51. The molecular weight excluding hydrogens is 285 g/mol. The number of fused-ring (bicyclic) bond motifs is 2. The van der Waals surface area contributed by atoms with Crippen LogP contribution in [0.4, 0.5) is 0 Å². The van der Waals surface area contributed by atoms with Gasteiger partial charge in [-0.25, -0.2) is 9.97 Å². The van der Waals surface area contributed by atoms with Gasteiger partial charge in [-0.3, -0.25) is 4.79 Å². The second kappa shape index (κ2) is 5.93. The highest BCUT2D eigenvalue weighted by molar-refractivity contribution is 7.19. The molecule has 1 aliphatic carbocycles. The van der Waals surface area contributed by atoms with Gasteiger partial charge in [-0.05, 0) is 37.3 Å². The van der Waals surface area contributed by atoms with Crippen LogP contribution >= 0.6 is 11.3 Å². The number of carbonyl (C=O) groups is 2. The van der Waals surface area contributed by atoms with Crippen molar-refractivity contribution in [2.45, 2.75) is 32.1 Å². The predicted octanol–water partition coefficient (Wildman–Crippen LogP) is 0.850. The van der Waals surface area contributed by atoms with E-state index in [2.05, 4.69) is 21.4 Å². The summed E-state index contributed by atoms with van der Waals surface area (Å²) in [6.07, 6.45) is 4.80. The highest BCUT2D eigenvalue weighted by Gasteiger charge is 2.17. The molecule has 108 valence electrons. The molecule has 0 aliphatic heterocycles. The quantitative estimate of drug-likeness (QED) is 0.850. The Morgan fingerprint density at radius 2 is 2.10 bits per heavy atom. The molecule has 0 saturated carbocycles. The van der Waals surface area contributed by atoms with E-state index in [0.29, 0.717) is 18.0 Å². The summed E-state index contributed by atoms with van der Waals surface area (Å²) >= 11 is 1.32. The molecule has 0 atom stereocenters. The zero-order valence-corrected chi connectivity index (χ0v) is 12.8. The van der Waals surface area contributed by atoms with Crippen molar-refractivity contribution in [1.82, 2.24) is 15.3 Å². The molecule has 0 fully saturated rings. The molecule has 0 aromatic carbocycles. The Balaban J connectivity index is 1.80. The lowest BCUT2D eigenvalue weighted by molar-refractivity contribution is -0.111. The van der Waals surface area contributed by atoms with Crippen molar-refractivity contribution in [3.05, 3.63) is 22.3 Å². The van der Waals surface area contributed by atoms with Crippen LogP contribution in [0.25, 0.3) is 10.3 Å². The zero-order chi connectivity index (χ0) is 14.8. The molecule has 2 aromatic heterocycles. The maximum Gasteiger partial charge on any atom is 0.280 e. The maximum atomic E-state index is 12.0. The lowest BCUT2D eigenvalue weighted by atomic mass is 9.96. The molecule has 0 radical (unpaired) electrons. The van der Waals surface area contributed by atoms with Crippen LogP contribution in [0.1, 0.15) is 40.3 Å². The first-order valence-electron chi connectivity index (χ1n) is 7.20. The summed E-state index contributed by atoms with van der Waals surface area (Å²) in [7, 11) is 1.51. The highest BCUT2D eigenvalue weighted by atomic mass is 32.1. The van der Waals surface area contributed by atoms with E-state index in [9.17, 15) is 9.59 Å². The number of hydrogen-bond acceptors (Lipinski definition) is 5. The van der Waals surface area contributed by atoms with E-state index < -0.39 is 0 Å². The minimum Gasteiger partial charge on any atom is -0.350 e. The summed E-state index contributed by atoms with van der Waals surface area (Å²) in [6, 6.07) is 2.07. The number of pyridine rings is 1. The van der Waals surface area contributed by atoms with Crippen molar-refractivity contribution in [2.24, 2.45) is 0 Å². The predicted molar refractivity (Wildman–Crippen MR) is 84.6 cm³/mol. The number of hydrogen-bond donors (Lipinski definition) is 1. The third-order valence-corrected chi connectivity index (χ3v) is 4.58. The number of rotatable bonds is 4. The molecule has 0 unspecified atom stereocenters. The van der Waals surface area contributed by atoms with Gasteiger partial charge in [0.2, 0.25) is 0 Å². The van der Waals surface area contributed by atoms with Crippen molar-refractivity contribution in [3.63, 3.8) is 0 Å². The maximum absolute atomic E-state index is 12.0. The molecule has 3 rings (SSSR count). The average Bonchev–Trinajstić information content (AvgIpc) is 2.87. The van der Waals surface area contributed by atoms with Crippen molar-refractivity contribution in [2.75, 3.05) is 6.54 Å². The van der Waals surface area contributed by atoms with Crippen molar-refractivity contribution >= 4 is 41.1 Å². The summed E-state index contributed by atoms with van der Waals surface area (Å²) in [4.78, 5) is 32.7. The summed E-state index contributed by atoms with van der Waals surface area (Å²) < 4.78 is 0. The van der Waals surface area contributed by atoms with Gasteiger partial charge in [0.15, 0.2) is 12.9 Å². The number of nitrogens with one attached hydrogen (secondary N) is 1. The number of aromatic nitrogens is 2. The third kappa shape index (κ3) is 3.13. The number of nitrogens with zero attached hydrogens (tertiary/aromatic N) is 2. The van der Waals surface area contributed by atoms with Crippen molar-refractivity contribution < 1.29 is 9.59 Å². The molecule has 2 aromatic rings. The van der Waals surface area contributed by atoms with E-state index in [1.807, 2.05) is 0 Å². The van der Waals surface area contributed by atoms with Crippen LogP contribution < -0.4 is 5.32 Å². The Hall–Kier alpha value is -1.76. The minimum atomic E-state index is -0.225. The molecule has 7 heteroatoms. The van der Waals surface area contributed by atoms with Crippen LogP contribution in [0, 0.1) is 0 Å². The Kier molecular flexibility index (Phi) is 4.01. The van der Waals surface area contributed by atoms with Crippen LogP contribution in [0.3, 0.4) is 0 Å². The van der Waals surface area contributed by atoms with Gasteiger partial charge in [0.25, 0.3) is 5.91 Å². The topological polar surface area (TPSA) is 72.0 Å². The Morgan fingerprint density at radius 1 is 1.29 bits per heavy atom. The normalized spacial score (nSPS) is 13.9. The van der Waals surface area contributed by atoms with E-state index in [4.69, 9.17) is 0 Å². The Bertz CT molecular complexity index is 671. The smallest absolute Gasteiger partial charge is 0.280 e. The third-order valence-electron chi connectivity index (χ3n) is 3.62. The summed E-state index contributed by atoms with van der Waals surface area (Å²) in [6.45, 7) is 0.355. The summed E-state index contributed by atoms with van der Waals surface area (Å²) in [5, 5.41) is 3.14. The van der Waals surface area contributed by atoms with Crippen LogP contribution in [0.5, 0.6) is 0 Å².